The molecule has 0 aliphatic heterocycles. The summed E-state index contributed by atoms with van der Waals surface area (Å²) >= 11 is 0. The van der Waals surface area contributed by atoms with Crippen molar-refractivity contribution >= 4 is 0 Å². The molecule has 0 N–H and O–H groups in total. The number of benzene rings is 3. The van der Waals surface area contributed by atoms with Crippen molar-refractivity contribution in [1.29, 1.82) is 0 Å². The summed E-state index contributed by atoms with van der Waals surface area (Å²) in [6.07, 6.45) is 3.69. The van der Waals surface area contributed by atoms with Crippen LogP contribution in [0.15, 0.2) is 60.7 Å². The van der Waals surface area contributed by atoms with Gasteiger partial charge in [-0.15, -0.1) is 0 Å². The Balaban J connectivity index is 1.70. The second kappa shape index (κ2) is 10.4. The van der Waals surface area contributed by atoms with Crippen LogP contribution in [0.5, 0.6) is 0 Å². The monoisotopic (exact) mass is 398 g/mol. The van der Waals surface area contributed by atoms with E-state index < -0.39 is 0 Å². The lowest BCUT2D eigenvalue weighted by Gasteiger charge is -2.01. The highest BCUT2D eigenvalue weighted by atomic mass is 19.1. The highest BCUT2D eigenvalue weighted by molar-refractivity contribution is 5.48. The molecule has 2 heteroatoms. The highest BCUT2D eigenvalue weighted by Gasteiger charge is 2.02. The third kappa shape index (κ3) is 5.82. The predicted octanol–water partition coefficient (Wildman–Crippen LogP) is 6.67. The first-order valence-corrected chi connectivity index (χ1v) is 10.3. The van der Waals surface area contributed by atoms with Gasteiger partial charge < -0.3 is 0 Å². The molecule has 150 valence electrons. The first-order valence-electron chi connectivity index (χ1n) is 10.3. The molecule has 3 aromatic carbocycles. The lowest BCUT2D eigenvalue weighted by atomic mass is 10.1. The zero-order chi connectivity index (χ0) is 21.3. The topological polar surface area (TPSA) is 0 Å². The molecule has 0 radical (unpaired) electrons. The summed E-state index contributed by atoms with van der Waals surface area (Å²) < 4.78 is 28.1. The molecule has 0 aliphatic carbocycles. The lowest BCUT2D eigenvalue weighted by Crippen LogP contribution is -1.90. The van der Waals surface area contributed by atoms with E-state index in [0.717, 1.165) is 36.0 Å². The number of hydrogen-bond acceptors (Lipinski definition) is 0. The van der Waals surface area contributed by atoms with Crippen LogP contribution < -0.4 is 0 Å². The van der Waals surface area contributed by atoms with Gasteiger partial charge >= 0.3 is 0 Å². The van der Waals surface area contributed by atoms with Crippen LogP contribution in [-0.4, -0.2) is 0 Å². The van der Waals surface area contributed by atoms with Crippen molar-refractivity contribution < 1.29 is 8.78 Å². The van der Waals surface area contributed by atoms with E-state index in [0.29, 0.717) is 23.1 Å². The molecule has 0 fully saturated rings. The Kier molecular flexibility index (Phi) is 7.42. The quantitative estimate of drug-likeness (QED) is 0.431. The molecule has 0 heterocycles. The fourth-order valence-corrected chi connectivity index (χ4v) is 3.03. The maximum Gasteiger partial charge on any atom is 0.139 e. The van der Waals surface area contributed by atoms with Crippen molar-refractivity contribution in [2.45, 2.75) is 39.5 Å². The fourth-order valence-electron chi connectivity index (χ4n) is 3.03. The molecule has 0 unspecified atom stereocenters. The second-order valence-corrected chi connectivity index (χ2v) is 7.15. The van der Waals surface area contributed by atoms with Gasteiger partial charge in [0.25, 0.3) is 0 Å². The molecular formula is C28H24F2. The summed E-state index contributed by atoms with van der Waals surface area (Å²) in [4.78, 5) is 0. The van der Waals surface area contributed by atoms with Crippen LogP contribution in [-0.2, 0) is 12.8 Å². The Labute approximate surface area is 178 Å². The number of hydrogen-bond donors (Lipinski definition) is 0. The third-order valence-electron chi connectivity index (χ3n) is 4.86. The van der Waals surface area contributed by atoms with Gasteiger partial charge in [0.1, 0.15) is 11.6 Å². The maximum absolute atomic E-state index is 14.2. The Bertz CT molecular complexity index is 1130. The smallest absolute Gasteiger partial charge is 0.139 e. The van der Waals surface area contributed by atoms with Gasteiger partial charge in [0.2, 0.25) is 0 Å². The summed E-state index contributed by atoms with van der Waals surface area (Å²) in [5.74, 6) is 11.4. The van der Waals surface area contributed by atoms with Gasteiger partial charge in [-0.1, -0.05) is 56.1 Å². The van der Waals surface area contributed by atoms with E-state index in [-0.39, 0.29) is 11.6 Å². The minimum atomic E-state index is -0.278. The van der Waals surface area contributed by atoms with E-state index in [1.165, 1.54) is 6.07 Å². The molecule has 3 rings (SSSR count). The predicted molar refractivity (Wildman–Crippen MR) is 119 cm³/mol. The minimum Gasteiger partial charge on any atom is -0.207 e. The van der Waals surface area contributed by atoms with Gasteiger partial charge in [-0.25, -0.2) is 8.78 Å². The molecule has 0 bridgehead atoms. The molecule has 0 aliphatic rings. The molecule has 0 spiro atoms. The number of aryl methyl sites for hydroxylation is 2. The van der Waals surface area contributed by atoms with Gasteiger partial charge in [-0.05, 0) is 78.9 Å². The minimum absolute atomic E-state index is 0.222. The Hall–Kier alpha value is -3.36. The summed E-state index contributed by atoms with van der Waals surface area (Å²) in [6.45, 7) is 4.04. The summed E-state index contributed by atoms with van der Waals surface area (Å²) in [7, 11) is 0. The van der Waals surface area contributed by atoms with E-state index in [9.17, 15) is 8.78 Å². The molecule has 30 heavy (non-hydrogen) atoms. The Morgan fingerprint density at radius 3 is 1.90 bits per heavy atom. The van der Waals surface area contributed by atoms with E-state index in [2.05, 4.69) is 30.6 Å². The van der Waals surface area contributed by atoms with E-state index in [4.69, 9.17) is 0 Å². The van der Waals surface area contributed by atoms with Crippen LogP contribution in [0.3, 0.4) is 0 Å². The standard InChI is InChI=1S/C28H24F2/c1-3-5-6-23-15-18-26(28(30)19-23)17-13-22-9-7-21(8-10-22)11-12-24-14-16-25(4-2)27(29)20-24/h7-10,14-16,18-20H,3-6H2,1-2H3. The molecule has 0 atom stereocenters. The van der Waals surface area contributed by atoms with Crippen molar-refractivity contribution in [2.24, 2.45) is 0 Å². The molecule has 0 amide bonds. The Morgan fingerprint density at radius 1 is 0.667 bits per heavy atom. The van der Waals surface area contributed by atoms with Crippen LogP contribution in [0.2, 0.25) is 0 Å². The van der Waals surface area contributed by atoms with Crippen molar-refractivity contribution in [1.82, 2.24) is 0 Å². The number of rotatable bonds is 4. The van der Waals surface area contributed by atoms with E-state index in [1.54, 1.807) is 18.2 Å². The number of unbranched alkanes of at least 4 members (excludes halogenated alkanes) is 1. The fraction of sp³-hybridized carbons (Fsp3) is 0.214. The van der Waals surface area contributed by atoms with Crippen molar-refractivity contribution in [3.63, 3.8) is 0 Å². The molecule has 0 saturated carbocycles. The van der Waals surface area contributed by atoms with Crippen molar-refractivity contribution in [3.8, 4) is 23.7 Å². The average molecular weight is 398 g/mol. The molecule has 0 aromatic heterocycles. The van der Waals surface area contributed by atoms with Crippen LogP contribution in [0.4, 0.5) is 8.78 Å². The molecule has 0 nitrogen and oxygen atoms in total. The van der Waals surface area contributed by atoms with Gasteiger partial charge in [0.05, 0.1) is 5.56 Å². The van der Waals surface area contributed by atoms with E-state index in [1.807, 2.05) is 43.3 Å². The maximum atomic E-state index is 14.2. The first-order chi connectivity index (χ1) is 14.6. The SMILES string of the molecule is CCCCc1ccc(C#Cc2ccc(C#Cc3ccc(CC)c(F)c3)cc2)c(F)c1. The van der Waals surface area contributed by atoms with Gasteiger partial charge in [-0.2, -0.15) is 0 Å². The van der Waals surface area contributed by atoms with Crippen LogP contribution in [0.1, 0.15) is 60.1 Å². The van der Waals surface area contributed by atoms with Crippen LogP contribution >= 0.6 is 0 Å². The molecule has 0 saturated heterocycles. The van der Waals surface area contributed by atoms with E-state index >= 15 is 0 Å². The zero-order valence-corrected chi connectivity index (χ0v) is 17.4. The lowest BCUT2D eigenvalue weighted by molar-refractivity contribution is 0.612. The average Bonchev–Trinajstić information content (AvgIpc) is 2.76. The van der Waals surface area contributed by atoms with Crippen LogP contribution in [0.25, 0.3) is 0 Å². The molecule has 3 aromatic rings. The summed E-state index contributed by atoms with van der Waals surface area (Å²) in [5.41, 5.74) is 4.34. The zero-order valence-electron chi connectivity index (χ0n) is 17.4. The summed E-state index contributed by atoms with van der Waals surface area (Å²) in [6, 6.07) is 17.8. The Morgan fingerprint density at radius 2 is 1.30 bits per heavy atom. The normalized spacial score (nSPS) is 10.0. The van der Waals surface area contributed by atoms with Gasteiger partial charge in [-0.3, -0.25) is 0 Å². The summed E-state index contributed by atoms with van der Waals surface area (Å²) in [5, 5.41) is 0. The van der Waals surface area contributed by atoms with Gasteiger partial charge in [0.15, 0.2) is 0 Å². The van der Waals surface area contributed by atoms with Crippen LogP contribution in [0, 0.1) is 35.3 Å². The molecular weight excluding hydrogens is 374 g/mol. The second-order valence-electron chi connectivity index (χ2n) is 7.15. The third-order valence-corrected chi connectivity index (χ3v) is 4.86. The van der Waals surface area contributed by atoms with Crippen molar-refractivity contribution in [2.75, 3.05) is 0 Å². The van der Waals surface area contributed by atoms with Crippen molar-refractivity contribution in [3.05, 3.63) is 106 Å². The number of halogens is 2. The highest BCUT2D eigenvalue weighted by Crippen LogP contribution is 2.13. The largest absolute Gasteiger partial charge is 0.207 e. The first kappa shape index (κ1) is 21.4. The van der Waals surface area contributed by atoms with Gasteiger partial charge in [0, 0.05) is 16.7 Å².